The van der Waals surface area contributed by atoms with Crippen molar-refractivity contribution in [3.05, 3.63) is 87.8 Å². The molecular weight excluding hydrogens is 488 g/mol. The summed E-state index contributed by atoms with van der Waals surface area (Å²) >= 11 is 0. The van der Waals surface area contributed by atoms with Gasteiger partial charge < -0.3 is 35.8 Å². The zero-order valence-electron chi connectivity index (χ0n) is 19.7. The van der Waals surface area contributed by atoms with E-state index in [4.69, 9.17) is 0 Å². The Hall–Kier alpha value is -5.52. The van der Waals surface area contributed by atoms with Crippen LogP contribution >= 0.6 is 0 Å². The standard InChI is InChI=1S/C26H20N8O4/c35-19-10-14-3-6-17(9-15(14)11-19)28-24-32-23(27-16-4-1-13(2-5-16)22(36)37)33-25(34-24)29-18-7-8-20-21(12-18)31-26(38)30-20/h1-9,12H,10-11H2,(H,36,37)(H2,30,31,38)(H3,27,28,29,32,33,34)/p-1. The van der Waals surface area contributed by atoms with Gasteiger partial charge in [0.15, 0.2) is 0 Å². The molecule has 0 saturated heterocycles. The third-order valence-electron chi connectivity index (χ3n) is 6.02. The number of aromatic amines is 2. The number of H-pyrrole nitrogens is 2. The molecule has 2 aromatic heterocycles. The van der Waals surface area contributed by atoms with Crippen LogP contribution in [-0.4, -0.2) is 36.7 Å². The summed E-state index contributed by atoms with van der Waals surface area (Å²) in [6, 6.07) is 16.9. The van der Waals surface area contributed by atoms with E-state index in [0.29, 0.717) is 40.9 Å². The van der Waals surface area contributed by atoms with Crippen LogP contribution in [0.3, 0.4) is 0 Å². The predicted molar refractivity (Wildman–Crippen MR) is 138 cm³/mol. The number of aromatic carboxylic acids is 1. The predicted octanol–water partition coefficient (Wildman–Crippen LogP) is 2.30. The van der Waals surface area contributed by atoms with Crippen LogP contribution < -0.4 is 26.7 Å². The normalized spacial score (nSPS) is 12.4. The fourth-order valence-corrected chi connectivity index (χ4v) is 4.26. The Balaban J connectivity index is 1.32. The van der Waals surface area contributed by atoms with E-state index >= 15 is 0 Å². The molecule has 0 spiro atoms. The van der Waals surface area contributed by atoms with Crippen LogP contribution in [-0.2, 0) is 17.6 Å². The number of ketones is 1. The fourth-order valence-electron chi connectivity index (χ4n) is 4.26. The molecule has 0 atom stereocenters. The summed E-state index contributed by atoms with van der Waals surface area (Å²) < 4.78 is 0. The molecule has 5 N–H and O–H groups in total. The zero-order chi connectivity index (χ0) is 26.2. The molecule has 0 fully saturated rings. The van der Waals surface area contributed by atoms with E-state index in [9.17, 15) is 19.5 Å². The summed E-state index contributed by atoms with van der Waals surface area (Å²) in [5, 5.41) is 20.4. The summed E-state index contributed by atoms with van der Waals surface area (Å²) in [7, 11) is 0. The van der Waals surface area contributed by atoms with E-state index in [1.807, 2.05) is 18.2 Å². The van der Waals surface area contributed by atoms with Crippen molar-refractivity contribution >= 4 is 57.7 Å². The van der Waals surface area contributed by atoms with E-state index in [1.165, 1.54) is 12.1 Å². The van der Waals surface area contributed by atoms with E-state index in [2.05, 4.69) is 40.9 Å². The number of hydrogen-bond acceptors (Lipinski definition) is 10. The van der Waals surface area contributed by atoms with Crippen molar-refractivity contribution < 1.29 is 14.7 Å². The molecule has 188 valence electrons. The van der Waals surface area contributed by atoms with Gasteiger partial charge in [0.05, 0.1) is 17.0 Å². The molecule has 38 heavy (non-hydrogen) atoms. The topological polar surface area (TPSA) is 181 Å². The monoisotopic (exact) mass is 507 g/mol. The lowest BCUT2D eigenvalue weighted by atomic mass is 10.1. The Labute approximate surface area is 214 Å². The number of rotatable bonds is 7. The quantitative estimate of drug-likeness (QED) is 0.219. The number of carbonyl (C=O) groups is 2. The van der Waals surface area contributed by atoms with Gasteiger partial charge in [-0.1, -0.05) is 18.2 Å². The molecule has 6 rings (SSSR count). The maximum Gasteiger partial charge on any atom is 0.323 e. The number of nitrogens with one attached hydrogen (secondary N) is 5. The molecule has 0 bridgehead atoms. The highest BCUT2D eigenvalue weighted by atomic mass is 16.4. The fraction of sp³-hybridized carbons (Fsp3) is 0.0769. The number of hydrogen-bond donors (Lipinski definition) is 5. The van der Waals surface area contributed by atoms with Crippen LogP contribution in [0.1, 0.15) is 21.5 Å². The second-order valence-electron chi connectivity index (χ2n) is 8.76. The number of benzene rings is 3. The third kappa shape index (κ3) is 4.78. The number of Topliss-reactive ketones (excluding diaryl/α,β-unsaturated/α-hetero) is 1. The molecule has 5 aromatic rings. The molecule has 1 aliphatic rings. The average Bonchev–Trinajstić information content (AvgIpc) is 3.44. The van der Waals surface area contributed by atoms with Gasteiger partial charge in [0.2, 0.25) is 17.8 Å². The summed E-state index contributed by atoms with van der Waals surface area (Å²) in [6.45, 7) is 0. The maximum atomic E-state index is 11.8. The molecule has 0 radical (unpaired) electrons. The van der Waals surface area contributed by atoms with Gasteiger partial charge in [-0.05, 0) is 59.2 Å². The minimum Gasteiger partial charge on any atom is -0.545 e. The molecule has 0 unspecified atom stereocenters. The highest BCUT2D eigenvalue weighted by Gasteiger charge is 2.18. The van der Waals surface area contributed by atoms with Crippen molar-refractivity contribution in [1.82, 2.24) is 24.9 Å². The highest BCUT2D eigenvalue weighted by molar-refractivity contribution is 5.88. The van der Waals surface area contributed by atoms with Gasteiger partial charge >= 0.3 is 5.69 Å². The lowest BCUT2D eigenvalue weighted by Crippen LogP contribution is -2.21. The van der Waals surface area contributed by atoms with E-state index < -0.39 is 5.97 Å². The van der Waals surface area contributed by atoms with E-state index in [-0.39, 0.29) is 34.9 Å². The summed E-state index contributed by atoms with van der Waals surface area (Å²) in [5.74, 6) is -0.451. The second-order valence-corrected chi connectivity index (χ2v) is 8.76. The number of nitrogens with zero attached hydrogens (tertiary/aromatic N) is 3. The van der Waals surface area contributed by atoms with Crippen molar-refractivity contribution in [3.63, 3.8) is 0 Å². The van der Waals surface area contributed by atoms with Crippen LogP contribution in [0.25, 0.3) is 11.0 Å². The first kappa shape index (κ1) is 22.9. The first-order chi connectivity index (χ1) is 18.4. The Bertz CT molecular complexity index is 1770. The van der Waals surface area contributed by atoms with Crippen molar-refractivity contribution in [2.24, 2.45) is 0 Å². The first-order valence-electron chi connectivity index (χ1n) is 11.6. The van der Waals surface area contributed by atoms with Crippen molar-refractivity contribution in [2.75, 3.05) is 16.0 Å². The first-order valence-corrected chi connectivity index (χ1v) is 11.6. The van der Waals surface area contributed by atoms with Gasteiger partial charge in [-0.25, -0.2) is 4.79 Å². The number of carboxylic acid groups (broad SMARTS) is 1. The average molecular weight is 507 g/mol. The number of carboxylic acids is 1. The van der Waals surface area contributed by atoms with Crippen molar-refractivity contribution in [3.8, 4) is 0 Å². The third-order valence-corrected chi connectivity index (χ3v) is 6.02. The van der Waals surface area contributed by atoms with Crippen LogP contribution in [0.15, 0.2) is 65.5 Å². The second kappa shape index (κ2) is 9.17. The molecular formula is C26H19N8O4-. The van der Waals surface area contributed by atoms with Gasteiger partial charge in [0, 0.05) is 29.9 Å². The van der Waals surface area contributed by atoms with Crippen LogP contribution in [0, 0.1) is 0 Å². The molecule has 1 aliphatic carbocycles. The molecule has 3 aromatic carbocycles. The Kier molecular flexibility index (Phi) is 5.53. The van der Waals surface area contributed by atoms with Gasteiger partial charge in [0.1, 0.15) is 5.78 Å². The van der Waals surface area contributed by atoms with E-state index in [1.54, 1.807) is 30.3 Å². The SMILES string of the molecule is O=C1Cc2ccc(Nc3nc(Nc4ccc(C(=O)[O-])cc4)nc(Nc4ccc5[nH]c(=O)[nH]c5c4)n3)cc2C1. The molecule has 12 heteroatoms. The van der Waals surface area contributed by atoms with E-state index in [0.717, 1.165) is 11.1 Å². The van der Waals surface area contributed by atoms with Gasteiger partial charge in [0.25, 0.3) is 0 Å². The number of anilines is 6. The molecule has 12 nitrogen and oxygen atoms in total. The lowest BCUT2D eigenvalue weighted by Gasteiger charge is -2.12. The van der Waals surface area contributed by atoms with Crippen LogP contribution in [0.2, 0.25) is 0 Å². The molecule has 0 saturated carbocycles. The van der Waals surface area contributed by atoms with Gasteiger partial charge in [-0.2, -0.15) is 15.0 Å². The number of imidazole rings is 1. The van der Waals surface area contributed by atoms with Gasteiger partial charge in [-0.3, -0.25) is 4.79 Å². The summed E-state index contributed by atoms with van der Waals surface area (Å²) in [4.78, 5) is 53.3. The number of carbonyl (C=O) groups excluding carboxylic acids is 2. The largest absolute Gasteiger partial charge is 0.545 e. The zero-order valence-corrected chi connectivity index (χ0v) is 19.7. The Morgan fingerprint density at radius 1 is 0.684 bits per heavy atom. The smallest absolute Gasteiger partial charge is 0.323 e. The Morgan fingerprint density at radius 2 is 1.24 bits per heavy atom. The Morgan fingerprint density at radius 3 is 1.92 bits per heavy atom. The minimum atomic E-state index is -1.27. The number of fused-ring (bicyclic) bond motifs is 2. The maximum absolute atomic E-state index is 11.8. The molecule has 0 aliphatic heterocycles. The summed E-state index contributed by atoms with van der Waals surface area (Å²) in [5.41, 5.74) is 4.89. The highest BCUT2D eigenvalue weighted by Crippen LogP contribution is 2.26. The molecule has 0 amide bonds. The van der Waals surface area contributed by atoms with Crippen LogP contribution in [0.4, 0.5) is 34.9 Å². The van der Waals surface area contributed by atoms with Crippen molar-refractivity contribution in [1.29, 1.82) is 0 Å². The van der Waals surface area contributed by atoms with Gasteiger partial charge in [-0.15, -0.1) is 0 Å². The summed E-state index contributed by atoms with van der Waals surface area (Å²) in [6.07, 6.45) is 0.838. The number of aromatic nitrogens is 5. The van der Waals surface area contributed by atoms with Crippen molar-refractivity contribution in [2.45, 2.75) is 12.8 Å². The van der Waals surface area contributed by atoms with Crippen LogP contribution in [0.5, 0.6) is 0 Å². The molecule has 2 heterocycles. The minimum absolute atomic E-state index is 0.0455. The lowest BCUT2D eigenvalue weighted by molar-refractivity contribution is -0.255.